The van der Waals surface area contributed by atoms with Crippen LogP contribution in [0.3, 0.4) is 0 Å². The standard InChI is InChI=1S/C12H25NO2/c1-11(2,3)10(14)8-13-6-7-15-9-12(13,4)5/h10,14H,6-9H2,1-5H3. The molecule has 0 aromatic carbocycles. The molecule has 1 saturated heterocycles. The average molecular weight is 215 g/mol. The van der Waals surface area contributed by atoms with E-state index in [1.165, 1.54) is 0 Å². The molecule has 0 aromatic rings. The van der Waals surface area contributed by atoms with Gasteiger partial charge in [0.15, 0.2) is 0 Å². The van der Waals surface area contributed by atoms with Gasteiger partial charge in [-0.15, -0.1) is 0 Å². The van der Waals surface area contributed by atoms with Crippen LogP contribution in [-0.2, 0) is 4.74 Å². The van der Waals surface area contributed by atoms with Crippen molar-refractivity contribution in [1.82, 2.24) is 4.90 Å². The third kappa shape index (κ3) is 3.44. The Balaban J connectivity index is 2.56. The highest BCUT2D eigenvalue weighted by Crippen LogP contribution is 2.24. The summed E-state index contributed by atoms with van der Waals surface area (Å²) in [6.07, 6.45) is -0.283. The summed E-state index contributed by atoms with van der Waals surface area (Å²) in [4.78, 5) is 2.33. The predicted molar refractivity (Wildman–Crippen MR) is 61.9 cm³/mol. The topological polar surface area (TPSA) is 32.7 Å². The molecule has 3 nitrogen and oxygen atoms in total. The second-order valence-corrected chi connectivity index (χ2v) is 6.19. The Morgan fingerprint density at radius 3 is 2.47 bits per heavy atom. The Bertz CT molecular complexity index is 208. The van der Waals surface area contributed by atoms with Gasteiger partial charge in [0.25, 0.3) is 0 Å². The first-order valence-electron chi connectivity index (χ1n) is 5.74. The number of ether oxygens (including phenoxy) is 1. The summed E-state index contributed by atoms with van der Waals surface area (Å²) in [5.41, 5.74) is -0.00113. The first kappa shape index (κ1) is 12.9. The molecule has 1 fully saturated rings. The van der Waals surface area contributed by atoms with E-state index in [0.717, 1.165) is 26.3 Å². The van der Waals surface area contributed by atoms with E-state index < -0.39 is 0 Å². The lowest BCUT2D eigenvalue weighted by atomic mass is 9.88. The van der Waals surface area contributed by atoms with E-state index in [2.05, 4.69) is 39.5 Å². The monoisotopic (exact) mass is 215 g/mol. The Hall–Kier alpha value is -0.120. The van der Waals surface area contributed by atoms with E-state index >= 15 is 0 Å². The minimum atomic E-state index is -0.283. The minimum Gasteiger partial charge on any atom is -0.391 e. The molecule has 0 spiro atoms. The predicted octanol–water partition coefficient (Wildman–Crippen LogP) is 1.50. The summed E-state index contributed by atoms with van der Waals surface area (Å²) in [6, 6.07) is 0. The Morgan fingerprint density at radius 1 is 1.40 bits per heavy atom. The molecule has 1 unspecified atom stereocenters. The molecule has 1 rings (SSSR count). The number of rotatable bonds is 2. The molecule has 0 bridgehead atoms. The van der Waals surface area contributed by atoms with Gasteiger partial charge in [0.2, 0.25) is 0 Å². The van der Waals surface area contributed by atoms with Gasteiger partial charge in [0, 0.05) is 18.6 Å². The van der Waals surface area contributed by atoms with Crippen molar-refractivity contribution in [1.29, 1.82) is 0 Å². The van der Waals surface area contributed by atoms with Crippen LogP contribution in [0.1, 0.15) is 34.6 Å². The molecule has 1 N–H and O–H groups in total. The smallest absolute Gasteiger partial charge is 0.0715 e. The molecule has 1 aliphatic heterocycles. The number of hydrogen-bond acceptors (Lipinski definition) is 3. The van der Waals surface area contributed by atoms with Crippen LogP contribution in [0.25, 0.3) is 0 Å². The van der Waals surface area contributed by atoms with Gasteiger partial charge in [-0.2, -0.15) is 0 Å². The van der Waals surface area contributed by atoms with Crippen LogP contribution in [0.2, 0.25) is 0 Å². The molecule has 0 radical (unpaired) electrons. The first-order chi connectivity index (χ1) is 6.73. The minimum absolute atomic E-state index is 0.0461. The van der Waals surface area contributed by atoms with E-state index in [1.54, 1.807) is 0 Å². The molecular formula is C12H25NO2. The summed E-state index contributed by atoms with van der Waals surface area (Å²) in [5.74, 6) is 0. The molecule has 90 valence electrons. The summed E-state index contributed by atoms with van der Waals surface area (Å²) < 4.78 is 5.46. The summed E-state index contributed by atoms with van der Waals surface area (Å²) in [6.45, 7) is 13.7. The maximum absolute atomic E-state index is 10.1. The lowest BCUT2D eigenvalue weighted by molar-refractivity contribution is -0.0798. The second-order valence-electron chi connectivity index (χ2n) is 6.19. The fourth-order valence-corrected chi connectivity index (χ4v) is 1.71. The van der Waals surface area contributed by atoms with Crippen molar-refractivity contribution in [2.45, 2.75) is 46.3 Å². The number of hydrogen-bond donors (Lipinski definition) is 1. The van der Waals surface area contributed by atoms with Crippen LogP contribution in [0.4, 0.5) is 0 Å². The van der Waals surface area contributed by atoms with Gasteiger partial charge >= 0.3 is 0 Å². The molecule has 1 atom stereocenters. The van der Waals surface area contributed by atoms with E-state index in [1.807, 2.05) is 0 Å². The van der Waals surface area contributed by atoms with Crippen LogP contribution >= 0.6 is 0 Å². The first-order valence-corrected chi connectivity index (χ1v) is 5.74. The average Bonchev–Trinajstić information content (AvgIpc) is 2.06. The van der Waals surface area contributed by atoms with Gasteiger partial charge in [-0.1, -0.05) is 20.8 Å². The van der Waals surface area contributed by atoms with E-state index in [-0.39, 0.29) is 17.1 Å². The number of morpholine rings is 1. The highest BCUT2D eigenvalue weighted by atomic mass is 16.5. The highest BCUT2D eigenvalue weighted by molar-refractivity contribution is 4.87. The van der Waals surface area contributed by atoms with Crippen molar-refractivity contribution < 1.29 is 9.84 Å². The quantitative estimate of drug-likeness (QED) is 0.758. The molecule has 1 aliphatic rings. The van der Waals surface area contributed by atoms with E-state index in [0.29, 0.717) is 0 Å². The molecule has 15 heavy (non-hydrogen) atoms. The van der Waals surface area contributed by atoms with Gasteiger partial charge in [-0.05, 0) is 19.3 Å². The van der Waals surface area contributed by atoms with Crippen LogP contribution in [0, 0.1) is 5.41 Å². The Kier molecular flexibility index (Phi) is 3.80. The highest BCUT2D eigenvalue weighted by Gasteiger charge is 2.34. The number of aliphatic hydroxyl groups is 1. The molecule has 0 saturated carbocycles. The molecule has 0 aliphatic carbocycles. The van der Waals surface area contributed by atoms with Crippen molar-refractivity contribution in [3.8, 4) is 0 Å². The second kappa shape index (κ2) is 4.40. The van der Waals surface area contributed by atoms with Crippen LogP contribution in [0.5, 0.6) is 0 Å². The van der Waals surface area contributed by atoms with Crippen molar-refractivity contribution in [3.05, 3.63) is 0 Å². The summed E-state index contributed by atoms with van der Waals surface area (Å²) >= 11 is 0. The fourth-order valence-electron chi connectivity index (χ4n) is 1.71. The zero-order valence-corrected chi connectivity index (χ0v) is 10.7. The maximum atomic E-state index is 10.1. The largest absolute Gasteiger partial charge is 0.391 e. The Morgan fingerprint density at radius 2 is 2.00 bits per heavy atom. The third-order valence-electron chi connectivity index (χ3n) is 3.21. The third-order valence-corrected chi connectivity index (χ3v) is 3.21. The lowest BCUT2D eigenvalue weighted by Crippen LogP contribution is -2.56. The van der Waals surface area contributed by atoms with Gasteiger partial charge in [0.1, 0.15) is 0 Å². The van der Waals surface area contributed by atoms with E-state index in [4.69, 9.17) is 4.74 Å². The molecular weight excluding hydrogens is 190 g/mol. The Labute approximate surface area is 93.4 Å². The number of β-amino-alcohol motifs (C(OH)–C–C–N with tert-alkyl or cyclic N) is 1. The molecule has 3 heteroatoms. The van der Waals surface area contributed by atoms with Crippen molar-refractivity contribution in [3.63, 3.8) is 0 Å². The molecule has 0 amide bonds. The zero-order valence-electron chi connectivity index (χ0n) is 10.7. The lowest BCUT2D eigenvalue weighted by Gasteiger charge is -2.44. The van der Waals surface area contributed by atoms with E-state index in [9.17, 15) is 5.11 Å². The van der Waals surface area contributed by atoms with Gasteiger partial charge < -0.3 is 9.84 Å². The van der Waals surface area contributed by atoms with Crippen molar-refractivity contribution in [2.24, 2.45) is 5.41 Å². The maximum Gasteiger partial charge on any atom is 0.0715 e. The number of nitrogens with zero attached hydrogens (tertiary/aromatic N) is 1. The molecule has 0 aromatic heterocycles. The fraction of sp³-hybridized carbons (Fsp3) is 1.00. The van der Waals surface area contributed by atoms with Gasteiger partial charge in [-0.25, -0.2) is 0 Å². The normalized spacial score (nSPS) is 25.2. The van der Waals surface area contributed by atoms with Crippen molar-refractivity contribution in [2.75, 3.05) is 26.3 Å². The zero-order chi connectivity index (χ0) is 11.7. The van der Waals surface area contributed by atoms with Crippen LogP contribution < -0.4 is 0 Å². The molecule has 1 heterocycles. The van der Waals surface area contributed by atoms with Crippen LogP contribution in [-0.4, -0.2) is 48.0 Å². The van der Waals surface area contributed by atoms with Gasteiger partial charge in [-0.3, -0.25) is 4.90 Å². The SMILES string of the molecule is CC(C)(C)C(O)CN1CCOCC1(C)C. The summed E-state index contributed by atoms with van der Waals surface area (Å²) in [7, 11) is 0. The van der Waals surface area contributed by atoms with Crippen LogP contribution in [0.15, 0.2) is 0 Å². The van der Waals surface area contributed by atoms with Crippen molar-refractivity contribution >= 4 is 0 Å². The summed E-state index contributed by atoms with van der Waals surface area (Å²) in [5, 5.41) is 10.1. The number of aliphatic hydroxyl groups excluding tert-OH is 1. The van der Waals surface area contributed by atoms with Gasteiger partial charge in [0.05, 0.1) is 19.3 Å².